The molecule has 2 aromatic heterocycles. The number of carbonyl (C=O) groups is 1. The van der Waals surface area contributed by atoms with Gasteiger partial charge in [0.05, 0.1) is 11.9 Å². The summed E-state index contributed by atoms with van der Waals surface area (Å²) in [5.41, 5.74) is 0.531. The lowest BCUT2D eigenvalue weighted by Gasteiger charge is -2.16. The van der Waals surface area contributed by atoms with Gasteiger partial charge in [-0.3, -0.25) is 4.79 Å². The zero-order valence-corrected chi connectivity index (χ0v) is 13.6. The van der Waals surface area contributed by atoms with Crippen LogP contribution in [0.3, 0.4) is 0 Å². The van der Waals surface area contributed by atoms with E-state index in [2.05, 4.69) is 36.5 Å². The van der Waals surface area contributed by atoms with Crippen molar-refractivity contribution in [1.82, 2.24) is 19.9 Å². The molecular formula is C14H18BrN5O. The summed E-state index contributed by atoms with van der Waals surface area (Å²) in [5.74, 6) is 0.445. The molecule has 0 spiro atoms. The molecule has 2 aromatic rings. The molecule has 7 heteroatoms. The molecule has 2 N–H and O–H groups in total. The first-order chi connectivity index (χ1) is 10.1. The second-order valence-corrected chi connectivity index (χ2v) is 5.63. The molecule has 0 aromatic carbocycles. The van der Waals surface area contributed by atoms with Crippen LogP contribution in [0.2, 0.25) is 0 Å². The van der Waals surface area contributed by atoms with Gasteiger partial charge in [-0.15, -0.1) is 0 Å². The van der Waals surface area contributed by atoms with Crippen LogP contribution in [0.15, 0.2) is 35.5 Å². The molecule has 0 bridgehead atoms. The minimum Gasteiger partial charge on any atom is -0.370 e. The number of halogens is 1. The Hall–Kier alpha value is -1.89. The first kappa shape index (κ1) is 15.5. The minimum atomic E-state index is -0.146. The molecular weight excluding hydrogens is 334 g/mol. The third-order valence-electron chi connectivity index (χ3n) is 2.86. The van der Waals surface area contributed by atoms with Crippen LogP contribution in [0.5, 0.6) is 0 Å². The maximum absolute atomic E-state index is 12.4. The minimum absolute atomic E-state index is 0.0137. The average molecular weight is 352 g/mol. The molecule has 1 atom stereocenters. The van der Waals surface area contributed by atoms with E-state index in [1.165, 1.54) is 0 Å². The van der Waals surface area contributed by atoms with Gasteiger partial charge in [0.2, 0.25) is 0 Å². The Bertz CT molecular complexity index is 599. The highest BCUT2D eigenvalue weighted by Crippen LogP contribution is 2.18. The van der Waals surface area contributed by atoms with E-state index in [9.17, 15) is 4.79 Å². The van der Waals surface area contributed by atoms with Gasteiger partial charge < -0.3 is 15.2 Å². The van der Waals surface area contributed by atoms with Crippen LogP contribution in [-0.4, -0.2) is 33.0 Å². The number of anilines is 1. The second kappa shape index (κ2) is 7.21. The van der Waals surface area contributed by atoms with Gasteiger partial charge in [0.1, 0.15) is 5.82 Å². The Morgan fingerprint density at radius 2 is 2.33 bits per heavy atom. The maximum Gasteiger partial charge on any atom is 0.255 e. The van der Waals surface area contributed by atoms with Gasteiger partial charge >= 0.3 is 0 Å². The number of nitrogens with one attached hydrogen (secondary N) is 2. The van der Waals surface area contributed by atoms with E-state index in [0.29, 0.717) is 24.5 Å². The third-order valence-corrected chi connectivity index (χ3v) is 3.30. The number of amides is 1. The summed E-state index contributed by atoms with van der Waals surface area (Å²) in [7, 11) is 0. The second-order valence-electron chi connectivity index (χ2n) is 4.71. The molecule has 0 saturated heterocycles. The summed E-state index contributed by atoms with van der Waals surface area (Å²) in [4.78, 5) is 20.6. The van der Waals surface area contributed by atoms with Crippen molar-refractivity contribution in [3.63, 3.8) is 0 Å². The summed E-state index contributed by atoms with van der Waals surface area (Å²) >= 11 is 3.35. The van der Waals surface area contributed by atoms with Crippen molar-refractivity contribution in [3.8, 4) is 0 Å². The summed E-state index contributed by atoms with van der Waals surface area (Å²) in [6, 6.07) is 1.75. The van der Waals surface area contributed by atoms with E-state index in [4.69, 9.17) is 0 Å². The molecule has 0 aliphatic carbocycles. The van der Waals surface area contributed by atoms with E-state index in [1.54, 1.807) is 24.8 Å². The molecule has 0 radical (unpaired) electrons. The predicted molar refractivity (Wildman–Crippen MR) is 85.3 cm³/mol. The molecule has 0 aliphatic rings. The Morgan fingerprint density at radius 3 is 3.00 bits per heavy atom. The molecule has 0 fully saturated rings. The fraction of sp³-hybridized carbons (Fsp3) is 0.357. The number of aromatic nitrogens is 3. The molecule has 2 rings (SSSR count). The smallest absolute Gasteiger partial charge is 0.255 e. The highest BCUT2D eigenvalue weighted by molar-refractivity contribution is 9.10. The average Bonchev–Trinajstić information content (AvgIpc) is 2.93. The van der Waals surface area contributed by atoms with Crippen LogP contribution in [0.25, 0.3) is 0 Å². The number of rotatable bonds is 6. The normalized spacial score (nSPS) is 12.0. The Morgan fingerprint density at radius 1 is 1.52 bits per heavy atom. The van der Waals surface area contributed by atoms with Gasteiger partial charge in [-0.05, 0) is 35.8 Å². The highest BCUT2D eigenvalue weighted by Gasteiger charge is 2.15. The number of pyridine rings is 1. The largest absolute Gasteiger partial charge is 0.370 e. The van der Waals surface area contributed by atoms with Gasteiger partial charge in [0.25, 0.3) is 5.91 Å². The van der Waals surface area contributed by atoms with Crippen LogP contribution in [0.1, 0.15) is 24.2 Å². The lowest BCUT2D eigenvalue weighted by molar-refractivity contribution is 0.0937. The lowest BCUT2D eigenvalue weighted by atomic mass is 10.2. The van der Waals surface area contributed by atoms with Gasteiger partial charge in [-0.25, -0.2) is 9.97 Å². The van der Waals surface area contributed by atoms with Crippen molar-refractivity contribution in [2.45, 2.75) is 26.4 Å². The summed E-state index contributed by atoms with van der Waals surface area (Å²) < 4.78 is 2.70. The molecule has 0 saturated carbocycles. The van der Waals surface area contributed by atoms with Crippen LogP contribution in [-0.2, 0) is 6.54 Å². The Balaban J connectivity index is 2.07. The standard InChI is InChI=1S/C14H18BrN5O/c1-3-17-13-12(6-11(15)7-18-13)14(21)19-10(2)8-20-5-4-16-9-20/h4-7,9-10H,3,8H2,1-2H3,(H,17,18)(H,19,21). The summed E-state index contributed by atoms with van der Waals surface area (Å²) in [5, 5.41) is 6.07. The van der Waals surface area contributed by atoms with Crippen LogP contribution < -0.4 is 10.6 Å². The van der Waals surface area contributed by atoms with E-state index in [-0.39, 0.29) is 11.9 Å². The maximum atomic E-state index is 12.4. The number of hydrogen-bond donors (Lipinski definition) is 2. The van der Waals surface area contributed by atoms with Crippen LogP contribution in [0, 0.1) is 0 Å². The number of nitrogens with zero attached hydrogens (tertiary/aromatic N) is 3. The van der Waals surface area contributed by atoms with E-state index < -0.39 is 0 Å². The fourth-order valence-corrected chi connectivity index (χ4v) is 2.31. The molecule has 1 unspecified atom stereocenters. The zero-order chi connectivity index (χ0) is 15.2. The Kier molecular flexibility index (Phi) is 5.32. The van der Waals surface area contributed by atoms with Crippen molar-refractivity contribution < 1.29 is 4.79 Å². The topological polar surface area (TPSA) is 71.8 Å². The van der Waals surface area contributed by atoms with Crippen LogP contribution >= 0.6 is 15.9 Å². The van der Waals surface area contributed by atoms with Crippen molar-refractivity contribution in [2.75, 3.05) is 11.9 Å². The van der Waals surface area contributed by atoms with Crippen molar-refractivity contribution in [3.05, 3.63) is 41.0 Å². The fourth-order valence-electron chi connectivity index (χ4n) is 1.98. The molecule has 0 aliphatic heterocycles. The quantitative estimate of drug-likeness (QED) is 0.837. The summed E-state index contributed by atoms with van der Waals surface area (Å²) in [6.45, 7) is 5.30. The van der Waals surface area contributed by atoms with Gasteiger partial charge in [-0.2, -0.15) is 0 Å². The number of hydrogen-bond acceptors (Lipinski definition) is 4. The lowest BCUT2D eigenvalue weighted by Crippen LogP contribution is -2.36. The highest BCUT2D eigenvalue weighted by atomic mass is 79.9. The number of carbonyl (C=O) groups excluding carboxylic acids is 1. The molecule has 1 amide bonds. The predicted octanol–water partition coefficient (Wildman–Crippen LogP) is 2.29. The summed E-state index contributed by atoms with van der Waals surface area (Å²) in [6.07, 6.45) is 6.99. The van der Waals surface area contributed by atoms with Crippen molar-refractivity contribution >= 4 is 27.7 Å². The van der Waals surface area contributed by atoms with E-state index >= 15 is 0 Å². The van der Waals surface area contributed by atoms with Crippen molar-refractivity contribution in [1.29, 1.82) is 0 Å². The Labute approximate surface area is 132 Å². The van der Waals surface area contributed by atoms with Crippen LogP contribution in [0.4, 0.5) is 5.82 Å². The SMILES string of the molecule is CCNc1ncc(Br)cc1C(=O)NC(C)Cn1ccnc1. The number of imidazole rings is 1. The van der Waals surface area contributed by atoms with E-state index in [1.807, 2.05) is 24.6 Å². The van der Waals surface area contributed by atoms with E-state index in [0.717, 1.165) is 4.47 Å². The van der Waals surface area contributed by atoms with Gasteiger partial charge in [0, 0.05) is 42.2 Å². The van der Waals surface area contributed by atoms with Gasteiger partial charge in [-0.1, -0.05) is 0 Å². The molecule has 6 nitrogen and oxygen atoms in total. The first-order valence-electron chi connectivity index (χ1n) is 6.76. The molecule has 21 heavy (non-hydrogen) atoms. The monoisotopic (exact) mass is 351 g/mol. The first-order valence-corrected chi connectivity index (χ1v) is 7.55. The molecule has 112 valence electrons. The molecule has 2 heterocycles. The van der Waals surface area contributed by atoms with Crippen molar-refractivity contribution in [2.24, 2.45) is 0 Å². The van der Waals surface area contributed by atoms with Gasteiger partial charge in [0.15, 0.2) is 0 Å². The third kappa shape index (κ3) is 4.29. The zero-order valence-electron chi connectivity index (χ0n) is 12.0.